The molecular formula is C28H26N6OS. The number of thiophene rings is 1. The molecule has 0 bridgehead atoms. The highest BCUT2D eigenvalue weighted by atomic mass is 32.1. The first kappa shape index (κ1) is 23.5. The average molecular weight is 495 g/mol. The second-order valence-electron chi connectivity index (χ2n) is 8.93. The van der Waals surface area contributed by atoms with Gasteiger partial charge >= 0.3 is 0 Å². The number of hydrogen-bond donors (Lipinski definition) is 3. The highest BCUT2D eigenvalue weighted by Gasteiger charge is 2.16. The number of benzene rings is 2. The Bertz CT molecular complexity index is 1610. The first-order chi connectivity index (χ1) is 17.4. The van der Waals surface area contributed by atoms with Crippen LogP contribution in [-0.2, 0) is 0 Å². The number of amides is 1. The summed E-state index contributed by atoms with van der Waals surface area (Å²) in [5.74, 6) is -0.0821. The Morgan fingerprint density at radius 3 is 2.69 bits per heavy atom. The molecule has 3 aromatic heterocycles. The van der Waals surface area contributed by atoms with Crippen molar-refractivity contribution in [3.8, 4) is 16.5 Å². The topological polar surface area (TPSA) is 96.8 Å². The molecule has 8 heteroatoms. The molecule has 0 spiro atoms. The van der Waals surface area contributed by atoms with Crippen LogP contribution < -0.4 is 10.6 Å². The van der Waals surface area contributed by atoms with Crippen LogP contribution in [0.15, 0.2) is 60.9 Å². The lowest BCUT2D eigenvalue weighted by Crippen LogP contribution is -2.31. The van der Waals surface area contributed by atoms with Gasteiger partial charge in [0.25, 0.3) is 5.91 Å². The molecule has 0 fully saturated rings. The predicted molar refractivity (Wildman–Crippen MR) is 147 cm³/mol. The van der Waals surface area contributed by atoms with Crippen molar-refractivity contribution in [2.24, 2.45) is 0 Å². The molecule has 5 rings (SSSR count). The molecule has 5 aromatic rings. The number of likely N-dealkylation sites (N-methyl/N-ethyl adjacent to an activating group) is 1. The third kappa shape index (κ3) is 4.54. The number of nitriles is 1. The van der Waals surface area contributed by atoms with Gasteiger partial charge in [-0.05, 0) is 68.5 Å². The monoisotopic (exact) mass is 494 g/mol. The summed E-state index contributed by atoms with van der Waals surface area (Å²) >= 11 is 1.56. The number of hydrogen-bond acceptors (Lipinski definition) is 6. The largest absolute Gasteiger partial charge is 0.361 e. The smallest absolute Gasteiger partial charge is 0.251 e. The van der Waals surface area contributed by atoms with Crippen molar-refractivity contribution in [3.05, 3.63) is 77.6 Å². The highest BCUT2D eigenvalue weighted by Crippen LogP contribution is 2.39. The third-order valence-electron chi connectivity index (χ3n) is 6.22. The molecule has 3 N–H and O–H groups in total. The van der Waals surface area contributed by atoms with Gasteiger partial charge in [-0.25, -0.2) is 4.98 Å². The van der Waals surface area contributed by atoms with Gasteiger partial charge in [-0.3, -0.25) is 4.79 Å². The van der Waals surface area contributed by atoms with E-state index in [9.17, 15) is 10.1 Å². The Hall–Kier alpha value is -4.19. The van der Waals surface area contributed by atoms with Crippen molar-refractivity contribution in [2.45, 2.75) is 6.92 Å². The van der Waals surface area contributed by atoms with Crippen LogP contribution in [0.25, 0.3) is 31.6 Å². The second-order valence-corrected chi connectivity index (χ2v) is 9.96. The second kappa shape index (κ2) is 9.82. The standard InChI is InChI=1S/C28H26N6OS/c1-17-21-10-11-30-24(21)9-8-23(17)33-26-20(15-29)16-32-28-22(26)14-25(36-28)18-4-6-19(7-5-18)27(35)31-12-13-34(2)3/h4-11,14,16,30H,12-13H2,1-3H3,(H,31,35)(H,32,33). The Morgan fingerprint density at radius 1 is 1.14 bits per heavy atom. The van der Waals surface area contributed by atoms with Crippen LogP contribution in [0.2, 0.25) is 0 Å². The van der Waals surface area contributed by atoms with Crippen LogP contribution in [0.3, 0.4) is 0 Å². The lowest BCUT2D eigenvalue weighted by molar-refractivity contribution is 0.0951. The summed E-state index contributed by atoms with van der Waals surface area (Å²) in [6, 6.07) is 18.0. The molecule has 7 nitrogen and oxygen atoms in total. The van der Waals surface area contributed by atoms with Gasteiger partial charge in [0.1, 0.15) is 10.9 Å². The number of H-pyrrole nitrogens is 1. The SMILES string of the molecule is Cc1c(Nc2c(C#N)cnc3sc(-c4ccc(C(=O)NCCN(C)C)cc4)cc23)ccc2[nH]ccc12. The molecule has 0 saturated carbocycles. The Morgan fingerprint density at radius 2 is 1.94 bits per heavy atom. The summed E-state index contributed by atoms with van der Waals surface area (Å²) in [6.07, 6.45) is 3.55. The molecule has 0 atom stereocenters. The maximum atomic E-state index is 12.4. The summed E-state index contributed by atoms with van der Waals surface area (Å²) in [7, 11) is 3.95. The molecule has 0 aliphatic rings. The molecule has 0 unspecified atom stereocenters. The number of aryl methyl sites for hydroxylation is 1. The van der Waals surface area contributed by atoms with Crippen LogP contribution in [0.5, 0.6) is 0 Å². The fraction of sp³-hybridized carbons (Fsp3) is 0.179. The number of carbonyl (C=O) groups excluding carboxylic acids is 1. The van der Waals surface area contributed by atoms with Crippen molar-refractivity contribution < 1.29 is 4.79 Å². The zero-order chi connectivity index (χ0) is 25.2. The molecule has 180 valence electrons. The summed E-state index contributed by atoms with van der Waals surface area (Å²) in [6.45, 7) is 3.46. The molecule has 2 aromatic carbocycles. The number of fused-ring (bicyclic) bond motifs is 2. The molecule has 36 heavy (non-hydrogen) atoms. The lowest BCUT2D eigenvalue weighted by atomic mass is 10.1. The van der Waals surface area contributed by atoms with Crippen molar-refractivity contribution in [1.29, 1.82) is 5.26 Å². The summed E-state index contributed by atoms with van der Waals surface area (Å²) in [5, 5.41) is 18.3. The first-order valence-corrected chi connectivity index (χ1v) is 12.5. The predicted octanol–water partition coefficient (Wildman–Crippen LogP) is 5.66. The molecule has 1 amide bonds. The van der Waals surface area contributed by atoms with E-state index in [0.29, 0.717) is 17.7 Å². The fourth-order valence-corrected chi connectivity index (χ4v) is 5.20. The van der Waals surface area contributed by atoms with Gasteiger partial charge in [-0.2, -0.15) is 5.26 Å². The van der Waals surface area contributed by atoms with Gasteiger partial charge in [0, 0.05) is 57.9 Å². The van der Waals surface area contributed by atoms with E-state index in [4.69, 9.17) is 0 Å². The van der Waals surface area contributed by atoms with Crippen LogP contribution in [-0.4, -0.2) is 48.0 Å². The first-order valence-electron chi connectivity index (χ1n) is 11.6. The molecule has 0 radical (unpaired) electrons. The minimum absolute atomic E-state index is 0.0821. The van der Waals surface area contributed by atoms with Gasteiger partial charge in [0.2, 0.25) is 0 Å². The number of anilines is 2. The van der Waals surface area contributed by atoms with Gasteiger partial charge in [-0.1, -0.05) is 12.1 Å². The quantitative estimate of drug-likeness (QED) is 0.271. The highest BCUT2D eigenvalue weighted by molar-refractivity contribution is 7.22. The third-order valence-corrected chi connectivity index (χ3v) is 7.31. The van der Waals surface area contributed by atoms with E-state index >= 15 is 0 Å². The number of nitrogens with one attached hydrogen (secondary N) is 3. The van der Waals surface area contributed by atoms with Gasteiger partial charge in [-0.15, -0.1) is 11.3 Å². The normalized spacial score (nSPS) is 11.2. The summed E-state index contributed by atoms with van der Waals surface area (Å²) in [4.78, 5) is 24.1. The van der Waals surface area contributed by atoms with E-state index in [0.717, 1.165) is 55.0 Å². The van der Waals surface area contributed by atoms with Crippen LogP contribution in [0.1, 0.15) is 21.5 Å². The lowest BCUT2D eigenvalue weighted by Gasteiger charge is -2.12. The van der Waals surface area contributed by atoms with Crippen LogP contribution in [0.4, 0.5) is 11.4 Å². The number of carbonyl (C=O) groups is 1. The van der Waals surface area contributed by atoms with E-state index in [1.165, 1.54) is 0 Å². The zero-order valence-corrected chi connectivity index (χ0v) is 21.2. The van der Waals surface area contributed by atoms with Gasteiger partial charge < -0.3 is 20.5 Å². The number of aromatic amines is 1. The minimum atomic E-state index is -0.0821. The van der Waals surface area contributed by atoms with Crippen molar-refractivity contribution in [3.63, 3.8) is 0 Å². The van der Waals surface area contributed by atoms with E-state index < -0.39 is 0 Å². The van der Waals surface area contributed by atoms with Crippen LogP contribution >= 0.6 is 11.3 Å². The molecule has 3 heterocycles. The van der Waals surface area contributed by atoms with Gasteiger partial charge in [0.15, 0.2) is 0 Å². The van der Waals surface area contributed by atoms with E-state index in [1.54, 1.807) is 17.5 Å². The van der Waals surface area contributed by atoms with Crippen molar-refractivity contribution in [1.82, 2.24) is 20.2 Å². The van der Waals surface area contributed by atoms with Crippen molar-refractivity contribution >= 4 is 49.7 Å². The maximum absolute atomic E-state index is 12.4. The number of pyridine rings is 1. The molecular weight excluding hydrogens is 468 g/mol. The summed E-state index contributed by atoms with van der Waals surface area (Å²) < 4.78 is 0. The molecule has 0 aliphatic carbocycles. The van der Waals surface area contributed by atoms with E-state index in [1.807, 2.05) is 61.6 Å². The molecule has 0 saturated heterocycles. The Balaban J connectivity index is 1.45. The minimum Gasteiger partial charge on any atom is -0.361 e. The Labute approximate surface area is 213 Å². The van der Waals surface area contributed by atoms with Crippen molar-refractivity contribution in [2.75, 3.05) is 32.5 Å². The van der Waals surface area contributed by atoms with E-state index in [2.05, 4.69) is 45.7 Å². The fourth-order valence-electron chi connectivity index (χ4n) is 4.19. The number of nitrogens with zero attached hydrogens (tertiary/aromatic N) is 3. The Kier molecular flexibility index (Phi) is 6.42. The van der Waals surface area contributed by atoms with Gasteiger partial charge in [0.05, 0.1) is 11.3 Å². The number of rotatable bonds is 7. The molecule has 0 aliphatic heterocycles. The zero-order valence-electron chi connectivity index (χ0n) is 20.3. The van der Waals surface area contributed by atoms with Crippen LogP contribution in [0, 0.1) is 18.3 Å². The average Bonchev–Trinajstić information content (AvgIpc) is 3.53. The summed E-state index contributed by atoms with van der Waals surface area (Å²) in [5.41, 5.74) is 6.00. The van der Waals surface area contributed by atoms with E-state index in [-0.39, 0.29) is 5.91 Å². The maximum Gasteiger partial charge on any atom is 0.251 e. The number of aromatic nitrogens is 2.